The van der Waals surface area contributed by atoms with Gasteiger partial charge in [-0.1, -0.05) is 0 Å². The third-order valence-corrected chi connectivity index (χ3v) is 7.09. The molecule has 2 rings (SSSR count). The standard InChI is InChI=1S/C17H22N2O5S2/c1-13-12-16(10-11-17(13)24-4)26(22,23)19(3)15-8-6-14(7-9-15)18(2)25(5,20)21/h6-12H,1-5H3. The van der Waals surface area contributed by atoms with Crippen LogP contribution >= 0.6 is 0 Å². The maximum Gasteiger partial charge on any atom is 0.264 e. The lowest BCUT2D eigenvalue weighted by molar-refractivity contribution is 0.411. The lowest BCUT2D eigenvalue weighted by Crippen LogP contribution is -2.27. The Hall–Kier alpha value is -2.26. The number of methoxy groups -OCH3 is 1. The van der Waals surface area contributed by atoms with Crippen LogP contribution in [0, 0.1) is 6.92 Å². The quantitative estimate of drug-likeness (QED) is 0.745. The highest BCUT2D eigenvalue weighted by atomic mass is 32.2. The van der Waals surface area contributed by atoms with Gasteiger partial charge in [0.15, 0.2) is 0 Å². The molecule has 0 bridgehead atoms. The Bertz CT molecular complexity index is 1000. The topological polar surface area (TPSA) is 84.0 Å². The minimum absolute atomic E-state index is 0.149. The summed E-state index contributed by atoms with van der Waals surface area (Å²) in [6.45, 7) is 1.77. The minimum Gasteiger partial charge on any atom is -0.496 e. The summed E-state index contributed by atoms with van der Waals surface area (Å²) in [4.78, 5) is 0.149. The van der Waals surface area contributed by atoms with Crippen LogP contribution in [0.25, 0.3) is 0 Å². The van der Waals surface area contributed by atoms with Crippen molar-refractivity contribution in [1.82, 2.24) is 0 Å². The molecule has 26 heavy (non-hydrogen) atoms. The Morgan fingerprint density at radius 3 is 1.77 bits per heavy atom. The fourth-order valence-electron chi connectivity index (χ4n) is 2.37. The van der Waals surface area contributed by atoms with Crippen molar-refractivity contribution < 1.29 is 21.6 Å². The second-order valence-electron chi connectivity index (χ2n) is 5.85. The largest absolute Gasteiger partial charge is 0.496 e. The maximum absolute atomic E-state index is 12.8. The summed E-state index contributed by atoms with van der Waals surface area (Å²) >= 11 is 0. The van der Waals surface area contributed by atoms with Gasteiger partial charge in [-0.25, -0.2) is 16.8 Å². The van der Waals surface area contributed by atoms with Gasteiger partial charge in [-0.3, -0.25) is 8.61 Å². The Labute approximate surface area is 154 Å². The Morgan fingerprint density at radius 1 is 0.846 bits per heavy atom. The van der Waals surface area contributed by atoms with Crippen LogP contribution in [0.3, 0.4) is 0 Å². The van der Waals surface area contributed by atoms with Crippen LogP contribution in [0.1, 0.15) is 5.56 Å². The van der Waals surface area contributed by atoms with E-state index < -0.39 is 20.0 Å². The average Bonchev–Trinajstić information content (AvgIpc) is 2.59. The summed E-state index contributed by atoms with van der Waals surface area (Å²) in [5.74, 6) is 0.611. The maximum atomic E-state index is 12.8. The van der Waals surface area contributed by atoms with Crippen LogP contribution in [-0.2, 0) is 20.0 Å². The lowest BCUT2D eigenvalue weighted by Gasteiger charge is -2.22. The first-order valence-electron chi connectivity index (χ1n) is 7.66. The number of ether oxygens (including phenoxy) is 1. The van der Waals surface area contributed by atoms with Crippen molar-refractivity contribution in [2.45, 2.75) is 11.8 Å². The zero-order valence-corrected chi connectivity index (χ0v) is 16.9. The zero-order chi connectivity index (χ0) is 19.7. The third-order valence-electron chi connectivity index (χ3n) is 4.10. The molecule has 0 atom stereocenters. The highest BCUT2D eigenvalue weighted by molar-refractivity contribution is 7.92. The van der Waals surface area contributed by atoms with E-state index in [0.717, 1.165) is 14.9 Å². The second-order valence-corrected chi connectivity index (χ2v) is 9.83. The molecular formula is C17H22N2O5S2. The average molecular weight is 399 g/mol. The molecule has 2 aromatic carbocycles. The molecule has 2 aromatic rings. The number of rotatable bonds is 6. The van der Waals surface area contributed by atoms with Crippen LogP contribution in [0.15, 0.2) is 47.4 Å². The molecule has 0 aliphatic carbocycles. The Kier molecular flexibility index (Phi) is 5.52. The molecule has 0 N–H and O–H groups in total. The number of sulfonamides is 2. The van der Waals surface area contributed by atoms with Crippen molar-refractivity contribution in [3.05, 3.63) is 48.0 Å². The van der Waals surface area contributed by atoms with Gasteiger partial charge >= 0.3 is 0 Å². The molecule has 0 amide bonds. The summed E-state index contributed by atoms with van der Waals surface area (Å²) in [5.41, 5.74) is 1.58. The van der Waals surface area contributed by atoms with Gasteiger partial charge in [0.05, 0.1) is 29.6 Å². The Balaban J connectivity index is 2.35. The van der Waals surface area contributed by atoms with Crippen LogP contribution in [-0.4, -0.2) is 44.3 Å². The van der Waals surface area contributed by atoms with Gasteiger partial charge in [0.25, 0.3) is 10.0 Å². The summed E-state index contributed by atoms with van der Waals surface area (Å²) in [7, 11) is -2.73. The first kappa shape index (κ1) is 20.1. The summed E-state index contributed by atoms with van der Waals surface area (Å²) in [6, 6.07) is 10.9. The van der Waals surface area contributed by atoms with E-state index in [9.17, 15) is 16.8 Å². The molecule has 9 heteroatoms. The molecular weight excluding hydrogens is 376 g/mol. The normalized spacial score (nSPS) is 11.9. The van der Waals surface area contributed by atoms with E-state index in [0.29, 0.717) is 22.7 Å². The summed E-state index contributed by atoms with van der Waals surface area (Å²) in [5, 5.41) is 0. The summed E-state index contributed by atoms with van der Waals surface area (Å²) < 4.78 is 56.3. The van der Waals surface area contributed by atoms with Gasteiger partial charge in [0, 0.05) is 14.1 Å². The predicted molar refractivity (Wildman–Crippen MR) is 103 cm³/mol. The first-order chi connectivity index (χ1) is 12.0. The van der Waals surface area contributed by atoms with E-state index in [1.54, 1.807) is 43.3 Å². The molecule has 0 unspecified atom stereocenters. The lowest BCUT2D eigenvalue weighted by atomic mass is 10.2. The number of aryl methyl sites for hydroxylation is 1. The third kappa shape index (κ3) is 3.94. The van der Waals surface area contributed by atoms with Crippen LogP contribution in [0.2, 0.25) is 0 Å². The molecule has 0 fully saturated rings. The molecule has 0 aliphatic rings. The highest BCUT2D eigenvalue weighted by Gasteiger charge is 2.22. The first-order valence-corrected chi connectivity index (χ1v) is 10.9. The van der Waals surface area contributed by atoms with Crippen molar-refractivity contribution in [2.24, 2.45) is 0 Å². The van der Waals surface area contributed by atoms with Crippen molar-refractivity contribution >= 4 is 31.4 Å². The van der Waals surface area contributed by atoms with Crippen molar-refractivity contribution in [2.75, 3.05) is 36.1 Å². The SMILES string of the molecule is COc1ccc(S(=O)(=O)N(C)c2ccc(N(C)S(C)(=O)=O)cc2)cc1C. The highest BCUT2D eigenvalue weighted by Crippen LogP contribution is 2.27. The molecule has 0 radical (unpaired) electrons. The van der Waals surface area contributed by atoms with Crippen LogP contribution in [0.4, 0.5) is 11.4 Å². The zero-order valence-electron chi connectivity index (χ0n) is 15.3. The number of hydrogen-bond acceptors (Lipinski definition) is 5. The van der Waals surface area contributed by atoms with Crippen molar-refractivity contribution in [3.63, 3.8) is 0 Å². The molecule has 0 saturated carbocycles. The van der Waals surface area contributed by atoms with E-state index in [4.69, 9.17) is 4.74 Å². The van der Waals surface area contributed by atoms with Gasteiger partial charge in [0.2, 0.25) is 10.0 Å². The van der Waals surface area contributed by atoms with Crippen LogP contribution < -0.4 is 13.3 Å². The van der Waals surface area contributed by atoms with Gasteiger partial charge in [0.1, 0.15) is 5.75 Å². The molecule has 7 nitrogen and oxygen atoms in total. The predicted octanol–water partition coefficient (Wildman–Crippen LogP) is 2.22. The molecule has 0 spiro atoms. The van der Waals surface area contributed by atoms with Gasteiger partial charge < -0.3 is 4.74 Å². The minimum atomic E-state index is -3.76. The number of hydrogen-bond donors (Lipinski definition) is 0. The smallest absolute Gasteiger partial charge is 0.264 e. The monoisotopic (exact) mass is 398 g/mol. The molecule has 142 valence electrons. The number of benzene rings is 2. The van der Waals surface area contributed by atoms with E-state index >= 15 is 0 Å². The fraction of sp³-hybridized carbons (Fsp3) is 0.294. The fourth-order valence-corrected chi connectivity index (χ4v) is 4.16. The van der Waals surface area contributed by atoms with E-state index in [1.165, 1.54) is 27.3 Å². The second kappa shape index (κ2) is 7.16. The molecule has 0 aromatic heterocycles. The van der Waals surface area contributed by atoms with Crippen molar-refractivity contribution in [1.29, 1.82) is 0 Å². The van der Waals surface area contributed by atoms with Gasteiger partial charge in [-0.15, -0.1) is 0 Å². The van der Waals surface area contributed by atoms with Crippen molar-refractivity contribution in [3.8, 4) is 5.75 Å². The molecule has 0 heterocycles. The van der Waals surface area contributed by atoms with E-state index in [1.807, 2.05) is 0 Å². The Morgan fingerprint density at radius 2 is 1.35 bits per heavy atom. The van der Waals surface area contributed by atoms with E-state index in [-0.39, 0.29) is 4.90 Å². The van der Waals surface area contributed by atoms with Gasteiger partial charge in [-0.2, -0.15) is 0 Å². The van der Waals surface area contributed by atoms with Gasteiger partial charge in [-0.05, 0) is 55.0 Å². The van der Waals surface area contributed by atoms with E-state index in [2.05, 4.69) is 0 Å². The molecule has 0 saturated heterocycles. The number of anilines is 2. The molecule has 0 aliphatic heterocycles. The summed E-state index contributed by atoms with van der Waals surface area (Å²) in [6.07, 6.45) is 1.10. The number of nitrogens with zero attached hydrogens (tertiary/aromatic N) is 2. The van der Waals surface area contributed by atoms with Crippen LogP contribution in [0.5, 0.6) is 5.75 Å².